The van der Waals surface area contributed by atoms with Crippen molar-refractivity contribution in [3.8, 4) is 0 Å². The average molecular weight is 532 g/mol. The molecule has 2 aromatic rings. The molecule has 2 aromatic carbocycles. The number of amides is 2. The Labute approximate surface area is 221 Å². The number of esters is 1. The van der Waals surface area contributed by atoms with Crippen LogP contribution in [0.1, 0.15) is 49.8 Å². The van der Waals surface area contributed by atoms with Gasteiger partial charge in [-0.25, -0.2) is 8.78 Å². The standard InChI is InChI=1S/C28H35F2N3O5/c1-17(2)20-6-5-7-21(11-20)28(15-33(16-28)26(36)13-27(37)38-4)31-14-25(35)24(32-18(3)34)10-19-8-22(29)12-23(30)9-19/h5-9,11-12,17,24-25,31,35H,10,13-16H2,1-4H3,(H,32,34). The maximum atomic E-state index is 13.7. The Morgan fingerprint density at radius 1 is 1.11 bits per heavy atom. The number of nitrogens with one attached hydrogen (secondary N) is 2. The van der Waals surface area contributed by atoms with E-state index in [0.717, 1.165) is 29.3 Å². The van der Waals surface area contributed by atoms with E-state index in [9.17, 15) is 28.3 Å². The van der Waals surface area contributed by atoms with Crippen LogP contribution in [0.25, 0.3) is 0 Å². The number of rotatable bonds is 11. The zero-order valence-electron chi connectivity index (χ0n) is 22.1. The van der Waals surface area contributed by atoms with Gasteiger partial charge in [-0.05, 0) is 41.2 Å². The Balaban J connectivity index is 1.80. The van der Waals surface area contributed by atoms with Gasteiger partial charge < -0.3 is 25.4 Å². The number of aliphatic hydroxyl groups is 1. The van der Waals surface area contributed by atoms with E-state index < -0.39 is 41.2 Å². The van der Waals surface area contributed by atoms with Crippen LogP contribution in [0, 0.1) is 11.6 Å². The fraction of sp³-hybridized carbons (Fsp3) is 0.464. The number of ether oxygens (including phenoxy) is 1. The maximum absolute atomic E-state index is 13.7. The fourth-order valence-electron chi connectivity index (χ4n) is 4.65. The summed E-state index contributed by atoms with van der Waals surface area (Å²) in [5.41, 5.74) is 1.61. The number of methoxy groups -OCH3 is 1. The molecule has 2 amide bonds. The highest BCUT2D eigenvalue weighted by molar-refractivity contribution is 5.94. The second-order valence-electron chi connectivity index (χ2n) is 10.1. The molecule has 0 spiro atoms. The van der Waals surface area contributed by atoms with Crippen molar-refractivity contribution in [2.24, 2.45) is 0 Å². The largest absolute Gasteiger partial charge is 0.469 e. The van der Waals surface area contributed by atoms with Gasteiger partial charge in [0.05, 0.1) is 24.8 Å². The van der Waals surface area contributed by atoms with Crippen LogP contribution >= 0.6 is 0 Å². The first-order valence-electron chi connectivity index (χ1n) is 12.5. The highest BCUT2D eigenvalue weighted by Gasteiger charge is 2.47. The van der Waals surface area contributed by atoms with E-state index in [1.165, 1.54) is 14.0 Å². The molecule has 8 nitrogen and oxygen atoms in total. The summed E-state index contributed by atoms with van der Waals surface area (Å²) in [6, 6.07) is 10.2. The Morgan fingerprint density at radius 2 is 1.76 bits per heavy atom. The van der Waals surface area contributed by atoms with Crippen LogP contribution in [0.5, 0.6) is 0 Å². The smallest absolute Gasteiger partial charge is 0.315 e. The third-order valence-corrected chi connectivity index (χ3v) is 6.78. The van der Waals surface area contributed by atoms with Crippen LogP contribution in [0.4, 0.5) is 8.78 Å². The highest BCUT2D eigenvalue weighted by Crippen LogP contribution is 2.34. The summed E-state index contributed by atoms with van der Waals surface area (Å²) in [7, 11) is 1.22. The topological polar surface area (TPSA) is 108 Å². The molecule has 3 N–H and O–H groups in total. The van der Waals surface area contributed by atoms with E-state index in [2.05, 4.69) is 29.2 Å². The van der Waals surface area contributed by atoms with Crippen molar-refractivity contribution in [1.29, 1.82) is 0 Å². The van der Waals surface area contributed by atoms with Crippen LogP contribution in [0.2, 0.25) is 0 Å². The Morgan fingerprint density at radius 3 is 2.34 bits per heavy atom. The highest BCUT2D eigenvalue weighted by atomic mass is 19.1. The lowest BCUT2D eigenvalue weighted by Gasteiger charge is -2.51. The summed E-state index contributed by atoms with van der Waals surface area (Å²) in [6.45, 7) is 5.99. The minimum atomic E-state index is -1.12. The number of likely N-dealkylation sites (tertiary alicyclic amines) is 1. The number of halogens is 2. The minimum absolute atomic E-state index is 0.0106. The molecule has 1 saturated heterocycles. The van der Waals surface area contributed by atoms with Crippen LogP contribution < -0.4 is 10.6 Å². The molecule has 206 valence electrons. The molecule has 3 rings (SSSR count). The van der Waals surface area contributed by atoms with Gasteiger partial charge in [-0.2, -0.15) is 0 Å². The van der Waals surface area contributed by atoms with Gasteiger partial charge in [-0.1, -0.05) is 38.1 Å². The van der Waals surface area contributed by atoms with Crippen molar-refractivity contribution >= 4 is 17.8 Å². The van der Waals surface area contributed by atoms with E-state index >= 15 is 0 Å². The lowest BCUT2D eigenvalue weighted by Crippen LogP contribution is -2.69. The maximum Gasteiger partial charge on any atom is 0.315 e. The van der Waals surface area contributed by atoms with Crippen molar-refractivity contribution in [2.75, 3.05) is 26.7 Å². The molecule has 2 unspecified atom stereocenters. The number of aliphatic hydroxyl groups excluding tert-OH is 1. The first-order valence-corrected chi connectivity index (χ1v) is 12.5. The number of hydrogen-bond acceptors (Lipinski definition) is 6. The number of benzene rings is 2. The lowest BCUT2D eigenvalue weighted by atomic mass is 9.80. The molecule has 1 fully saturated rings. The van der Waals surface area contributed by atoms with Gasteiger partial charge in [-0.3, -0.25) is 14.4 Å². The Kier molecular flexibility index (Phi) is 9.56. The lowest BCUT2D eigenvalue weighted by molar-refractivity contribution is -0.151. The first-order chi connectivity index (χ1) is 17.9. The number of nitrogens with zero attached hydrogens (tertiary/aromatic N) is 1. The summed E-state index contributed by atoms with van der Waals surface area (Å²) >= 11 is 0. The summed E-state index contributed by atoms with van der Waals surface area (Å²) in [4.78, 5) is 37.5. The van der Waals surface area contributed by atoms with E-state index in [1.54, 1.807) is 4.90 Å². The number of carbonyl (C=O) groups is 3. The zero-order chi connectivity index (χ0) is 28.0. The van der Waals surface area contributed by atoms with Gasteiger partial charge in [0, 0.05) is 32.6 Å². The third-order valence-electron chi connectivity index (χ3n) is 6.78. The molecule has 0 bridgehead atoms. The van der Waals surface area contributed by atoms with Crippen LogP contribution in [-0.2, 0) is 31.1 Å². The summed E-state index contributed by atoms with van der Waals surface area (Å²) in [5.74, 6) is -2.60. The molecule has 0 aliphatic carbocycles. The molecule has 0 aromatic heterocycles. The van der Waals surface area contributed by atoms with Crippen molar-refractivity contribution in [3.05, 3.63) is 70.8 Å². The Bertz CT molecular complexity index is 1150. The van der Waals surface area contributed by atoms with Crippen molar-refractivity contribution in [3.63, 3.8) is 0 Å². The van der Waals surface area contributed by atoms with Gasteiger partial charge in [0.2, 0.25) is 11.8 Å². The predicted octanol–water partition coefficient (Wildman–Crippen LogP) is 2.39. The van der Waals surface area contributed by atoms with Gasteiger partial charge in [0.1, 0.15) is 18.1 Å². The van der Waals surface area contributed by atoms with Gasteiger partial charge in [0.15, 0.2) is 0 Å². The SMILES string of the molecule is COC(=O)CC(=O)N1CC(NCC(O)C(Cc2cc(F)cc(F)c2)NC(C)=O)(c2cccc(C(C)C)c2)C1. The van der Waals surface area contributed by atoms with E-state index in [4.69, 9.17) is 0 Å². The molecular formula is C28H35F2N3O5. The zero-order valence-corrected chi connectivity index (χ0v) is 22.1. The van der Waals surface area contributed by atoms with Gasteiger partial charge >= 0.3 is 5.97 Å². The van der Waals surface area contributed by atoms with E-state index in [-0.39, 0.29) is 44.3 Å². The van der Waals surface area contributed by atoms with Crippen molar-refractivity contribution in [2.45, 2.75) is 57.2 Å². The quantitative estimate of drug-likeness (QED) is 0.304. The molecule has 10 heteroatoms. The molecular weight excluding hydrogens is 496 g/mol. The number of hydrogen-bond donors (Lipinski definition) is 3. The van der Waals surface area contributed by atoms with Gasteiger partial charge in [0.25, 0.3) is 0 Å². The monoisotopic (exact) mass is 531 g/mol. The van der Waals surface area contributed by atoms with Crippen LogP contribution in [0.15, 0.2) is 42.5 Å². The summed E-state index contributed by atoms with van der Waals surface area (Å²) in [5, 5.41) is 17.1. The predicted molar refractivity (Wildman–Crippen MR) is 137 cm³/mol. The molecule has 1 heterocycles. The summed E-state index contributed by atoms with van der Waals surface area (Å²) < 4.78 is 32.0. The summed E-state index contributed by atoms with van der Waals surface area (Å²) in [6.07, 6.45) is -1.47. The van der Waals surface area contributed by atoms with Gasteiger partial charge in [-0.15, -0.1) is 0 Å². The second kappa shape index (κ2) is 12.4. The third kappa shape index (κ3) is 7.35. The molecule has 38 heavy (non-hydrogen) atoms. The van der Waals surface area contributed by atoms with Crippen molar-refractivity contribution in [1.82, 2.24) is 15.5 Å². The Hall–Kier alpha value is -3.37. The van der Waals surface area contributed by atoms with E-state index in [1.807, 2.05) is 24.3 Å². The second-order valence-corrected chi connectivity index (χ2v) is 10.1. The molecule has 2 atom stereocenters. The van der Waals surface area contributed by atoms with Crippen molar-refractivity contribution < 1.29 is 33.0 Å². The van der Waals surface area contributed by atoms with Crippen LogP contribution in [0.3, 0.4) is 0 Å². The first kappa shape index (κ1) is 29.2. The minimum Gasteiger partial charge on any atom is -0.469 e. The number of carbonyl (C=O) groups excluding carboxylic acids is 3. The fourth-order valence-corrected chi connectivity index (χ4v) is 4.65. The van der Waals surface area contributed by atoms with E-state index in [0.29, 0.717) is 5.56 Å². The average Bonchev–Trinajstić information content (AvgIpc) is 2.81. The molecule has 0 radical (unpaired) electrons. The van der Waals surface area contributed by atoms with Crippen LogP contribution in [-0.4, -0.2) is 66.7 Å². The molecule has 0 saturated carbocycles. The normalized spacial score (nSPS) is 15.9. The molecule has 1 aliphatic rings. The molecule has 1 aliphatic heterocycles.